The molecule has 1 N–H and O–H groups in total. The lowest BCUT2D eigenvalue weighted by Crippen LogP contribution is -2.36. The first-order valence-corrected chi connectivity index (χ1v) is 11.5. The molecule has 0 radical (unpaired) electrons. The molecule has 0 saturated carbocycles. The minimum Gasteiger partial charge on any atom is -0.321 e. The van der Waals surface area contributed by atoms with E-state index in [-0.39, 0.29) is 24.5 Å². The average molecular weight is 461 g/mol. The van der Waals surface area contributed by atoms with Crippen LogP contribution in [0.25, 0.3) is 11.4 Å². The number of rotatable bonds is 5. The molecule has 0 unspecified atom stereocenters. The van der Waals surface area contributed by atoms with Crippen LogP contribution in [0.3, 0.4) is 0 Å². The first-order chi connectivity index (χ1) is 16.6. The Morgan fingerprint density at radius 2 is 1.85 bits per heavy atom. The van der Waals surface area contributed by atoms with Crippen LogP contribution in [0.4, 0.5) is 10.1 Å². The third-order valence-electron chi connectivity index (χ3n) is 6.12. The highest BCUT2D eigenvalue weighted by atomic mass is 19.1. The number of aryl methyl sites for hydroxylation is 1. The van der Waals surface area contributed by atoms with E-state index >= 15 is 0 Å². The maximum Gasteiger partial charge on any atom is 0.271 e. The van der Waals surface area contributed by atoms with Gasteiger partial charge in [-0.3, -0.25) is 9.59 Å². The molecule has 2 aromatic carbocycles. The van der Waals surface area contributed by atoms with Crippen LogP contribution in [0.1, 0.15) is 43.5 Å². The van der Waals surface area contributed by atoms with Crippen molar-refractivity contribution in [2.75, 3.05) is 5.32 Å². The summed E-state index contributed by atoms with van der Waals surface area (Å²) in [7, 11) is 0. The van der Waals surface area contributed by atoms with Crippen LogP contribution in [0.5, 0.6) is 0 Å². The highest BCUT2D eigenvalue weighted by Gasteiger charge is 2.25. The summed E-state index contributed by atoms with van der Waals surface area (Å²) in [6, 6.07) is 13.9. The Morgan fingerprint density at radius 3 is 2.71 bits per heavy atom. The van der Waals surface area contributed by atoms with Gasteiger partial charge in [-0.1, -0.05) is 36.8 Å². The summed E-state index contributed by atoms with van der Waals surface area (Å²) in [5.41, 5.74) is 1.92. The van der Waals surface area contributed by atoms with E-state index in [0.717, 1.165) is 43.6 Å². The summed E-state index contributed by atoms with van der Waals surface area (Å²) < 4.78 is 16.7. The number of halogens is 1. The molecule has 1 aromatic heterocycles. The molecule has 5 rings (SSSR count). The number of nitrogens with one attached hydrogen (secondary N) is 1. The van der Waals surface area contributed by atoms with Crippen molar-refractivity contribution in [1.82, 2.24) is 19.8 Å². The number of nitrogens with zero attached hydrogens (tertiary/aromatic N) is 5. The van der Waals surface area contributed by atoms with Gasteiger partial charge in [0.1, 0.15) is 17.4 Å². The molecule has 0 aliphatic carbocycles. The van der Waals surface area contributed by atoms with E-state index in [4.69, 9.17) is 0 Å². The van der Waals surface area contributed by atoms with Gasteiger partial charge in [0.2, 0.25) is 5.91 Å². The third-order valence-corrected chi connectivity index (χ3v) is 6.12. The van der Waals surface area contributed by atoms with Gasteiger partial charge in [0.05, 0.1) is 12.1 Å². The minimum absolute atomic E-state index is 0.128. The SMILES string of the molecule is O=C(Nc1ccc(F)c(-c2nnc3n2CCCCC3)c1)C1=NN(Cc2ccccc2)C(=O)CC1. The van der Waals surface area contributed by atoms with Crippen LogP contribution in [-0.2, 0) is 29.1 Å². The Morgan fingerprint density at radius 1 is 1.00 bits per heavy atom. The van der Waals surface area contributed by atoms with Crippen molar-refractivity contribution in [3.05, 3.63) is 65.7 Å². The fourth-order valence-electron chi connectivity index (χ4n) is 4.31. The Labute approximate surface area is 196 Å². The molecular weight excluding hydrogens is 435 g/mol. The highest BCUT2D eigenvalue weighted by Crippen LogP contribution is 2.27. The van der Waals surface area contributed by atoms with Crippen LogP contribution in [0.15, 0.2) is 53.6 Å². The van der Waals surface area contributed by atoms with Gasteiger partial charge in [0.15, 0.2) is 5.82 Å². The molecule has 0 spiro atoms. The standard InChI is InChI=1S/C25H25FN6O2/c26-20-11-10-18(15-19(20)24-29-28-22-9-5-2-6-14-31(22)24)27-25(34)21-12-13-23(33)32(30-21)16-17-7-3-1-4-8-17/h1,3-4,7-8,10-11,15H,2,5-6,9,12-14,16H2,(H,27,34). The van der Waals surface area contributed by atoms with Gasteiger partial charge in [0.25, 0.3) is 5.91 Å². The molecule has 34 heavy (non-hydrogen) atoms. The number of carbonyl (C=O) groups excluding carboxylic acids is 2. The zero-order valence-electron chi connectivity index (χ0n) is 18.7. The van der Waals surface area contributed by atoms with Gasteiger partial charge in [-0.05, 0) is 36.6 Å². The van der Waals surface area contributed by atoms with Crippen LogP contribution < -0.4 is 5.32 Å². The maximum absolute atomic E-state index is 14.7. The molecule has 174 valence electrons. The number of fused-ring (bicyclic) bond motifs is 1. The molecule has 8 nitrogen and oxygen atoms in total. The van der Waals surface area contributed by atoms with E-state index in [0.29, 0.717) is 23.6 Å². The quantitative estimate of drug-likeness (QED) is 0.625. The number of hydrogen-bond donors (Lipinski definition) is 1. The number of carbonyl (C=O) groups is 2. The first-order valence-electron chi connectivity index (χ1n) is 11.5. The highest BCUT2D eigenvalue weighted by molar-refractivity contribution is 6.43. The Hall–Kier alpha value is -3.88. The smallest absolute Gasteiger partial charge is 0.271 e. The third kappa shape index (κ3) is 4.59. The van der Waals surface area contributed by atoms with Crippen molar-refractivity contribution in [2.45, 2.75) is 51.6 Å². The number of amides is 2. The van der Waals surface area contributed by atoms with E-state index in [1.54, 1.807) is 6.07 Å². The van der Waals surface area contributed by atoms with Gasteiger partial charge in [-0.25, -0.2) is 9.40 Å². The zero-order chi connectivity index (χ0) is 23.5. The monoisotopic (exact) mass is 460 g/mol. The topological polar surface area (TPSA) is 92.5 Å². The molecule has 0 fully saturated rings. The van der Waals surface area contributed by atoms with Crippen molar-refractivity contribution in [1.29, 1.82) is 0 Å². The molecular formula is C25H25FN6O2. The summed E-state index contributed by atoms with van der Waals surface area (Å²) in [5, 5.41) is 16.9. The zero-order valence-corrected chi connectivity index (χ0v) is 18.7. The molecule has 2 amide bonds. The lowest BCUT2D eigenvalue weighted by Gasteiger charge is -2.23. The van der Waals surface area contributed by atoms with E-state index in [1.807, 2.05) is 34.9 Å². The first kappa shape index (κ1) is 21.9. The maximum atomic E-state index is 14.7. The van der Waals surface area contributed by atoms with Gasteiger partial charge in [-0.15, -0.1) is 10.2 Å². The fourth-order valence-corrected chi connectivity index (χ4v) is 4.31. The van der Waals surface area contributed by atoms with Crippen molar-refractivity contribution in [2.24, 2.45) is 5.10 Å². The molecule has 9 heteroatoms. The normalized spacial score (nSPS) is 16.0. The largest absolute Gasteiger partial charge is 0.321 e. The summed E-state index contributed by atoms with van der Waals surface area (Å²) in [6.07, 6.45) is 4.43. The molecule has 0 bridgehead atoms. The van der Waals surface area contributed by atoms with Crippen molar-refractivity contribution >= 4 is 23.2 Å². The summed E-state index contributed by atoms with van der Waals surface area (Å²) in [5.74, 6) is 0.369. The molecule has 0 atom stereocenters. The molecule has 0 saturated heterocycles. The van der Waals surface area contributed by atoms with E-state index < -0.39 is 11.7 Å². The Kier molecular flexibility index (Phi) is 6.16. The van der Waals surface area contributed by atoms with Gasteiger partial charge >= 0.3 is 0 Å². The van der Waals surface area contributed by atoms with Crippen LogP contribution >= 0.6 is 0 Å². The predicted octanol–water partition coefficient (Wildman–Crippen LogP) is 3.93. The van der Waals surface area contributed by atoms with E-state index in [9.17, 15) is 14.0 Å². The summed E-state index contributed by atoms with van der Waals surface area (Å²) in [4.78, 5) is 25.2. The molecule has 2 aliphatic heterocycles. The Balaban J connectivity index is 1.36. The minimum atomic E-state index is -0.424. The van der Waals surface area contributed by atoms with Crippen LogP contribution in [0.2, 0.25) is 0 Å². The second kappa shape index (κ2) is 9.54. The van der Waals surface area contributed by atoms with E-state index in [2.05, 4.69) is 20.6 Å². The number of anilines is 1. The average Bonchev–Trinajstić information content (AvgIpc) is 3.09. The van der Waals surface area contributed by atoms with Gasteiger partial charge in [-0.2, -0.15) is 5.10 Å². The number of hydrazone groups is 1. The van der Waals surface area contributed by atoms with Crippen molar-refractivity contribution in [3.63, 3.8) is 0 Å². The Bertz CT molecular complexity index is 1250. The molecule has 3 aromatic rings. The number of aromatic nitrogens is 3. The van der Waals surface area contributed by atoms with Crippen LogP contribution in [-0.4, -0.2) is 37.3 Å². The molecule has 2 aliphatic rings. The van der Waals surface area contributed by atoms with Gasteiger partial charge < -0.3 is 9.88 Å². The van der Waals surface area contributed by atoms with E-state index in [1.165, 1.54) is 17.1 Å². The predicted molar refractivity (Wildman–Crippen MR) is 125 cm³/mol. The van der Waals surface area contributed by atoms with Crippen molar-refractivity contribution < 1.29 is 14.0 Å². The van der Waals surface area contributed by atoms with Crippen LogP contribution in [0, 0.1) is 5.82 Å². The van der Waals surface area contributed by atoms with Gasteiger partial charge in [0, 0.05) is 31.5 Å². The second-order valence-electron chi connectivity index (χ2n) is 8.53. The fraction of sp³-hybridized carbons (Fsp3) is 0.320. The summed E-state index contributed by atoms with van der Waals surface area (Å²) in [6.45, 7) is 1.05. The number of benzene rings is 2. The second-order valence-corrected chi connectivity index (χ2v) is 8.53. The lowest BCUT2D eigenvalue weighted by molar-refractivity contribution is -0.132. The summed E-state index contributed by atoms with van der Waals surface area (Å²) >= 11 is 0. The molecule has 3 heterocycles. The number of hydrogen-bond acceptors (Lipinski definition) is 5. The lowest BCUT2D eigenvalue weighted by atomic mass is 10.1. The van der Waals surface area contributed by atoms with Crippen molar-refractivity contribution in [3.8, 4) is 11.4 Å².